The van der Waals surface area contributed by atoms with E-state index in [2.05, 4.69) is 9.71 Å². The van der Waals surface area contributed by atoms with E-state index in [0.29, 0.717) is 0 Å². The Hall–Kier alpha value is -1.95. The predicted molar refractivity (Wildman–Crippen MR) is 66.9 cm³/mol. The van der Waals surface area contributed by atoms with Crippen molar-refractivity contribution in [1.82, 2.24) is 14.3 Å². The van der Waals surface area contributed by atoms with Crippen molar-refractivity contribution in [3.63, 3.8) is 0 Å². The van der Waals surface area contributed by atoms with Gasteiger partial charge in [-0.3, -0.25) is 4.72 Å². The van der Waals surface area contributed by atoms with E-state index < -0.39 is 6.03 Å². The van der Waals surface area contributed by atoms with Gasteiger partial charge in [-0.2, -0.15) is 0 Å². The van der Waals surface area contributed by atoms with Gasteiger partial charge in [0.2, 0.25) is 0 Å². The summed E-state index contributed by atoms with van der Waals surface area (Å²) in [5.41, 5.74) is 6.97. The van der Waals surface area contributed by atoms with Crippen LogP contribution in [0.25, 0.3) is 5.69 Å². The fraction of sp³-hybridized carbons (Fsp3) is 0.0909. The van der Waals surface area contributed by atoms with Crippen LogP contribution in [0.15, 0.2) is 41.7 Å². The van der Waals surface area contributed by atoms with E-state index in [0.717, 1.165) is 16.3 Å². The van der Waals surface area contributed by atoms with Crippen LogP contribution in [-0.2, 0) is 0 Å². The molecule has 1 aromatic heterocycles. The Kier molecular flexibility index (Phi) is 3.34. The zero-order valence-corrected chi connectivity index (χ0v) is 10.1. The van der Waals surface area contributed by atoms with E-state index >= 15 is 0 Å². The molecule has 3 N–H and O–H groups in total. The van der Waals surface area contributed by atoms with Crippen LogP contribution in [0.3, 0.4) is 0 Å². The average Bonchev–Trinajstić information content (AvgIpc) is 2.74. The summed E-state index contributed by atoms with van der Waals surface area (Å²) < 4.78 is 4.40. The Morgan fingerprint density at radius 2 is 2.12 bits per heavy atom. The molecule has 5 nitrogen and oxygen atoms in total. The fourth-order valence-electron chi connectivity index (χ4n) is 1.36. The lowest BCUT2D eigenvalue weighted by atomic mass is 10.3. The normalized spacial score (nSPS) is 10.2. The molecule has 2 aromatic rings. The van der Waals surface area contributed by atoms with E-state index in [9.17, 15) is 4.79 Å². The SMILES string of the molecule is Cc1cn(-c2ccc(SNC(N)=O)cc2)cn1. The molecular weight excluding hydrogens is 236 g/mol. The van der Waals surface area contributed by atoms with Gasteiger partial charge in [-0.15, -0.1) is 0 Å². The van der Waals surface area contributed by atoms with E-state index in [1.165, 1.54) is 11.9 Å². The molecule has 88 valence electrons. The lowest BCUT2D eigenvalue weighted by molar-refractivity contribution is 0.254. The minimum Gasteiger partial charge on any atom is -0.351 e. The summed E-state index contributed by atoms with van der Waals surface area (Å²) in [5, 5.41) is 0. The van der Waals surface area contributed by atoms with E-state index in [-0.39, 0.29) is 0 Å². The van der Waals surface area contributed by atoms with E-state index in [1.807, 2.05) is 42.0 Å². The summed E-state index contributed by atoms with van der Waals surface area (Å²) in [5.74, 6) is 0. The number of aromatic nitrogens is 2. The van der Waals surface area contributed by atoms with Gasteiger partial charge in [0.05, 0.1) is 12.0 Å². The molecule has 1 aromatic carbocycles. The van der Waals surface area contributed by atoms with Crippen molar-refractivity contribution in [1.29, 1.82) is 0 Å². The molecule has 0 aliphatic heterocycles. The van der Waals surface area contributed by atoms with E-state index in [1.54, 1.807) is 6.33 Å². The highest BCUT2D eigenvalue weighted by molar-refractivity contribution is 7.98. The summed E-state index contributed by atoms with van der Waals surface area (Å²) in [6.07, 6.45) is 3.71. The highest BCUT2D eigenvalue weighted by atomic mass is 32.2. The minimum atomic E-state index is -0.552. The van der Waals surface area contributed by atoms with Crippen LogP contribution in [0, 0.1) is 6.92 Å². The molecule has 0 spiro atoms. The molecule has 1 heterocycles. The molecule has 2 rings (SSSR count). The van der Waals surface area contributed by atoms with Crippen molar-refractivity contribution < 1.29 is 4.79 Å². The van der Waals surface area contributed by atoms with Crippen LogP contribution in [0.2, 0.25) is 0 Å². The van der Waals surface area contributed by atoms with Crippen LogP contribution in [0.4, 0.5) is 4.79 Å². The predicted octanol–water partition coefficient (Wildman–Crippen LogP) is 1.86. The Balaban J connectivity index is 2.10. The van der Waals surface area contributed by atoms with Gasteiger partial charge < -0.3 is 10.3 Å². The smallest absolute Gasteiger partial charge is 0.322 e. The van der Waals surface area contributed by atoms with Crippen molar-refractivity contribution in [3.8, 4) is 5.69 Å². The zero-order valence-electron chi connectivity index (χ0n) is 9.25. The van der Waals surface area contributed by atoms with Crippen molar-refractivity contribution in [2.24, 2.45) is 5.73 Å². The molecule has 0 radical (unpaired) electrons. The summed E-state index contributed by atoms with van der Waals surface area (Å²) in [6, 6.07) is 7.17. The maximum atomic E-state index is 10.5. The Morgan fingerprint density at radius 1 is 1.41 bits per heavy atom. The highest BCUT2D eigenvalue weighted by Gasteiger charge is 1.99. The number of carbonyl (C=O) groups excluding carboxylic acids is 1. The first kappa shape index (κ1) is 11.5. The molecule has 0 unspecified atom stereocenters. The summed E-state index contributed by atoms with van der Waals surface area (Å²) in [7, 11) is 0. The maximum absolute atomic E-state index is 10.5. The van der Waals surface area contributed by atoms with Crippen LogP contribution < -0.4 is 10.5 Å². The third kappa shape index (κ3) is 3.01. The summed E-state index contributed by atoms with van der Waals surface area (Å²) >= 11 is 1.19. The van der Waals surface area contributed by atoms with Gasteiger partial charge in [0, 0.05) is 16.8 Å². The van der Waals surface area contributed by atoms with Crippen molar-refractivity contribution >= 4 is 18.0 Å². The molecule has 0 saturated heterocycles. The first-order valence-corrected chi connectivity index (χ1v) is 5.80. The number of rotatable bonds is 3. The monoisotopic (exact) mass is 248 g/mol. The fourth-order valence-corrected chi connectivity index (χ4v) is 1.85. The second-order valence-electron chi connectivity index (χ2n) is 3.48. The van der Waals surface area contributed by atoms with Gasteiger partial charge in [-0.05, 0) is 43.1 Å². The van der Waals surface area contributed by atoms with Crippen molar-refractivity contribution in [2.75, 3.05) is 0 Å². The van der Waals surface area contributed by atoms with Gasteiger partial charge >= 0.3 is 6.03 Å². The van der Waals surface area contributed by atoms with Gasteiger partial charge in [0.15, 0.2) is 0 Å². The quantitative estimate of drug-likeness (QED) is 0.814. The Labute approximate surface area is 103 Å². The molecule has 6 heteroatoms. The third-order valence-corrected chi connectivity index (χ3v) is 2.93. The number of hydrogen-bond donors (Lipinski definition) is 2. The second-order valence-corrected chi connectivity index (χ2v) is 4.36. The van der Waals surface area contributed by atoms with E-state index in [4.69, 9.17) is 5.73 Å². The molecule has 17 heavy (non-hydrogen) atoms. The molecule has 0 atom stereocenters. The number of nitrogens with one attached hydrogen (secondary N) is 1. The molecule has 0 aliphatic rings. The number of benzene rings is 1. The van der Waals surface area contributed by atoms with Gasteiger partial charge in [-0.1, -0.05) is 0 Å². The largest absolute Gasteiger partial charge is 0.351 e. The molecule has 0 bridgehead atoms. The van der Waals surface area contributed by atoms with Crippen LogP contribution >= 0.6 is 11.9 Å². The third-order valence-electron chi connectivity index (χ3n) is 2.12. The topological polar surface area (TPSA) is 72.9 Å². The number of nitrogens with zero attached hydrogens (tertiary/aromatic N) is 2. The molecule has 0 fully saturated rings. The number of aryl methyl sites for hydroxylation is 1. The number of carbonyl (C=O) groups is 1. The lowest BCUT2D eigenvalue weighted by Gasteiger charge is -2.04. The summed E-state index contributed by atoms with van der Waals surface area (Å²) in [4.78, 5) is 15.6. The number of primary amides is 1. The second kappa shape index (κ2) is 4.92. The molecule has 0 saturated carbocycles. The van der Waals surface area contributed by atoms with Gasteiger partial charge in [0.25, 0.3) is 0 Å². The van der Waals surface area contributed by atoms with Crippen molar-refractivity contribution in [2.45, 2.75) is 11.8 Å². The summed E-state index contributed by atoms with van der Waals surface area (Å²) in [6.45, 7) is 1.94. The number of imidazole rings is 1. The zero-order chi connectivity index (χ0) is 12.3. The highest BCUT2D eigenvalue weighted by Crippen LogP contribution is 2.17. The van der Waals surface area contributed by atoms with Crippen LogP contribution in [-0.4, -0.2) is 15.6 Å². The molecule has 0 aliphatic carbocycles. The van der Waals surface area contributed by atoms with Crippen molar-refractivity contribution in [3.05, 3.63) is 42.5 Å². The number of hydrogen-bond acceptors (Lipinski definition) is 3. The minimum absolute atomic E-state index is 0.552. The first-order valence-electron chi connectivity index (χ1n) is 4.98. The molecule has 2 amide bonds. The number of urea groups is 1. The Bertz CT molecular complexity index is 521. The lowest BCUT2D eigenvalue weighted by Crippen LogP contribution is -2.22. The van der Waals surface area contributed by atoms with Crippen LogP contribution in [0.5, 0.6) is 0 Å². The van der Waals surface area contributed by atoms with Gasteiger partial charge in [-0.25, -0.2) is 9.78 Å². The Morgan fingerprint density at radius 3 is 2.65 bits per heavy atom. The number of nitrogens with two attached hydrogens (primary N) is 1. The van der Waals surface area contributed by atoms with Gasteiger partial charge in [0.1, 0.15) is 0 Å². The first-order chi connectivity index (χ1) is 8.15. The average molecular weight is 248 g/mol. The molecular formula is C11H12N4OS. The standard InChI is InChI=1S/C11H12N4OS/c1-8-6-15(7-13-8)9-2-4-10(5-3-9)17-14-11(12)16/h2-7H,1H3,(H3,12,14,16). The maximum Gasteiger partial charge on any atom is 0.322 e. The number of amides is 2. The van der Waals surface area contributed by atoms with Crippen LogP contribution in [0.1, 0.15) is 5.69 Å².